The Hall–Kier alpha value is -0.610. The van der Waals surface area contributed by atoms with Gasteiger partial charge in [0.2, 0.25) is 0 Å². The average molecular weight is 249 g/mol. The molecular weight excluding hydrogens is 239 g/mol. The number of aliphatic hydroxyl groups is 1. The highest BCUT2D eigenvalue weighted by atomic mass is 79.9. The van der Waals surface area contributed by atoms with Gasteiger partial charge in [-0.1, -0.05) is 15.9 Å². The summed E-state index contributed by atoms with van der Waals surface area (Å²) in [7, 11) is 0. The molecule has 13 heavy (non-hydrogen) atoms. The van der Waals surface area contributed by atoms with Crippen molar-refractivity contribution in [3.63, 3.8) is 0 Å². The maximum atomic E-state index is 13.2. The normalized spacial score (nSPS) is 10.2. The monoisotopic (exact) mass is 248 g/mol. The zero-order chi connectivity index (χ0) is 9.84. The van der Waals surface area contributed by atoms with Crippen LogP contribution in [0, 0.1) is 5.82 Å². The van der Waals surface area contributed by atoms with Gasteiger partial charge in [-0.05, 0) is 19.1 Å². The zero-order valence-corrected chi connectivity index (χ0v) is 8.77. The molecule has 1 aromatic carbocycles. The van der Waals surface area contributed by atoms with E-state index < -0.39 is 5.82 Å². The molecular formula is C9H10BrFO2. The van der Waals surface area contributed by atoms with Crippen molar-refractivity contribution in [2.24, 2.45) is 0 Å². The first kappa shape index (κ1) is 10.5. The fourth-order valence-corrected chi connectivity index (χ4v) is 1.51. The minimum atomic E-state index is -0.458. The van der Waals surface area contributed by atoms with Crippen LogP contribution in [-0.2, 0) is 6.61 Å². The molecule has 0 atom stereocenters. The predicted molar refractivity (Wildman–Crippen MR) is 51.2 cm³/mol. The van der Waals surface area contributed by atoms with E-state index in [1.807, 2.05) is 0 Å². The molecule has 0 aromatic heterocycles. The van der Waals surface area contributed by atoms with Gasteiger partial charge in [-0.15, -0.1) is 0 Å². The van der Waals surface area contributed by atoms with Gasteiger partial charge in [0.25, 0.3) is 0 Å². The third kappa shape index (κ3) is 2.42. The van der Waals surface area contributed by atoms with Crippen LogP contribution < -0.4 is 4.74 Å². The maximum absolute atomic E-state index is 13.2. The van der Waals surface area contributed by atoms with Crippen molar-refractivity contribution in [1.82, 2.24) is 0 Å². The summed E-state index contributed by atoms with van der Waals surface area (Å²) in [6.07, 6.45) is 0. The molecule has 0 aliphatic rings. The van der Waals surface area contributed by atoms with Crippen LogP contribution in [0.3, 0.4) is 0 Å². The van der Waals surface area contributed by atoms with E-state index in [-0.39, 0.29) is 12.4 Å². The lowest BCUT2D eigenvalue weighted by Crippen LogP contribution is -1.99. The highest BCUT2D eigenvalue weighted by molar-refractivity contribution is 9.10. The van der Waals surface area contributed by atoms with Gasteiger partial charge in [0, 0.05) is 10.0 Å². The Morgan fingerprint density at radius 2 is 2.23 bits per heavy atom. The Bertz CT molecular complexity index is 302. The zero-order valence-electron chi connectivity index (χ0n) is 7.18. The second-order valence-corrected chi connectivity index (χ2v) is 3.38. The van der Waals surface area contributed by atoms with Crippen molar-refractivity contribution in [2.45, 2.75) is 13.5 Å². The second-order valence-electron chi connectivity index (χ2n) is 2.47. The van der Waals surface area contributed by atoms with E-state index in [1.165, 1.54) is 6.07 Å². The third-order valence-corrected chi connectivity index (χ3v) is 2.00. The van der Waals surface area contributed by atoms with Crippen LogP contribution in [0.5, 0.6) is 5.75 Å². The van der Waals surface area contributed by atoms with Crippen LogP contribution in [0.4, 0.5) is 4.39 Å². The van der Waals surface area contributed by atoms with Gasteiger partial charge < -0.3 is 9.84 Å². The molecule has 0 saturated heterocycles. The second kappa shape index (κ2) is 4.58. The molecule has 1 aromatic rings. The van der Waals surface area contributed by atoms with Crippen LogP contribution in [0.25, 0.3) is 0 Å². The number of hydrogen-bond acceptors (Lipinski definition) is 2. The summed E-state index contributed by atoms with van der Waals surface area (Å²) in [5.74, 6) is -0.325. The Kier molecular flexibility index (Phi) is 3.69. The van der Waals surface area contributed by atoms with Crippen LogP contribution in [0.15, 0.2) is 16.6 Å². The highest BCUT2D eigenvalue weighted by Gasteiger charge is 2.10. The third-order valence-electron chi connectivity index (χ3n) is 1.54. The molecule has 72 valence electrons. The molecule has 0 aliphatic carbocycles. The number of hydrogen-bond donors (Lipinski definition) is 1. The summed E-state index contributed by atoms with van der Waals surface area (Å²) in [5, 5.41) is 8.93. The van der Waals surface area contributed by atoms with Crippen LogP contribution in [0.2, 0.25) is 0 Å². The number of ether oxygens (including phenoxy) is 1. The lowest BCUT2D eigenvalue weighted by Gasteiger charge is -2.09. The molecule has 0 unspecified atom stereocenters. The van der Waals surface area contributed by atoms with E-state index in [2.05, 4.69) is 15.9 Å². The SMILES string of the molecule is CCOc1c(F)cc(Br)cc1CO. The molecule has 1 rings (SSSR count). The largest absolute Gasteiger partial charge is 0.490 e. The molecule has 4 heteroatoms. The van der Waals surface area contributed by atoms with Gasteiger partial charge in [-0.3, -0.25) is 0 Å². The first-order chi connectivity index (χ1) is 6.19. The van der Waals surface area contributed by atoms with Crippen molar-refractivity contribution in [3.05, 3.63) is 28.0 Å². The molecule has 0 spiro atoms. The molecule has 0 heterocycles. The number of benzene rings is 1. The van der Waals surface area contributed by atoms with Gasteiger partial charge in [0.15, 0.2) is 11.6 Å². The first-order valence-corrected chi connectivity index (χ1v) is 4.70. The van der Waals surface area contributed by atoms with Crippen molar-refractivity contribution in [2.75, 3.05) is 6.61 Å². The summed E-state index contributed by atoms with van der Waals surface area (Å²) >= 11 is 3.13. The molecule has 0 amide bonds. The Morgan fingerprint density at radius 1 is 1.54 bits per heavy atom. The minimum Gasteiger partial charge on any atom is -0.490 e. The molecule has 0 fully saturated rings. The minimum absolute atomic E-state index is 0.133. The number of halogens is 2. The van der Waals surface area contributed by atoms with Crippen molar-refractivity contribution in [1.29, 1.82) is 0 Å². The van der Waals surface area contributed by atoms with Crippen LogP contribution in [-0.4, -0.2) is 11.7 Å². The fourth-order valence-electron chi connectivity index (χ4n) is 1.04. The Labute approximate surface area is 84.5 Å². The number of aliphatic hydroxyl groups excluding tert-OH is 1. The van der Waals surface area contributed by atoms with Gasteiger partial charge >= 0.3 is 0 Å². The van der Waals surface area contributed by atoms with E-state index in [4.69, 9.17) is 9.84 Å². The van der Waals surface area contributed by atoms with Crippen LogP contribution in [0.1, 0.15) is 12.5 Å². The summed E-state index contributed by atoms with van der Waals surface area (Å²) in [6, 6.07) is 2.94. The van der Waals surface area contributed by atoms with E-state index >= 15 is 0 Å². The van der Waals surface area contributed by atoms with Gasteiger partial charge in [0.1, 0.15) is 0 Å². The lowest BCUT2D eigenvalue weighted by molar-refractivity contribution is 0.261. The lowest BCUT2D eigenvalue weighted by atomic mass is 10.2. The standard InChI is InChI=1S/C9H10BrFO2/c1-2-13-9-6(5-12)3-7(10)4-8(9)11/h3-4,12H,2,5H2,1H3. The van der Waals surface area contributed by atoms with Gasteiger partial charge in [-0.25, -0.2) is 4.39 Å². The van der Waals surface area contributed by atoms with E-state index in [1.54, 1.807) is 13.0 Å². The summed E-state index contributed by atoms with van der Waals surface area (Å²) < 4.78 is 18.9. The smallest absolute Gasteiger partial charge is 0.166 e. The maximum Gasteiger partial charge on any atom is 0.166 e. The Morgan fingerprint density at radius 3 is 2.77 bits per heavy atom. The molecule has 2 nitrogen and oxygen atoms in total. The molecule has 0 saturated carbocycles. The topological polar surface area (TPSA) is 29.5 Å². The molecule has 0 aliphatic heterocycles. The quantitative estimate of drug-likeness (QED) is 0.891. The molecule has 0 bridgehead atoms. The summed E-state index contributed by atoms with van der Waals surface area (Å²) in [6.45, 7) is 1.92. The predicted octanol–water partition coefficient (Wildman–Crippen LogP) is 2.48. The summed E-state index contributed by atoms with van der Waals surface area (Å²) in [5.41, 5.74) is 0.453. The highest BCUT2D eigenvalue weighted by Crippen LogP contribution is 2.27. The van der Waals surface area contributed by atoms with E-state index in [9.17, 15) is 4.39 Å². The average Bonchev–Trinajstić information content (AvgIpc) is 2.09. The fraction of sp³-hybridized carbons (Fsp3) is 0.333. The van der Waals surface area contributed by atoms with Crippen molar-refractivity contribution < 1.29 is 14.2 Å². The Balaban J connectivity index is 3.13. The first-order valence-electron chi connectivity index (χ1n) is 3.90. The van der Waals surface area contributed by atoms with Crippen molar-refractivity contribution in [3.8, 4) is 5.75 Å². The molecule has 0 radical (unpaired) electrons. The molecule has 1 N–H and O–H groups in total. The van der Waals surface area contributed by atoms with Gasteiger partial charge in [-0.2, -0.15) is 0 Å². The van der Waals surface area contributed by atoms with Crippen LogP contribution >= 0.6 is 15.9 Å². The van der Waals surface area contributed by atoms with E-state index in [0.29, 0.717) is 16.6 Å². The van der Waals surface area contributed by atoms with Gasteiger partial charge in [0.05, 0.1) is 13.2 Å². The van der Waals surface area contributed by atoms with Crippen molar-refractivity contribution >= 4 is 15.9 Å². The van der Waals surface area contributed by atoms with E-state index in [0.717, 1.165) is 0 Å². The number of rotatable bonds is 3. The summed E-state index contributed by atoms with van der Waals surface area (Å²) in [4.78, 5) is 0.